The predicted molar refractivity (Wildman–Crippen MR) is 69.6 cm³/mol. The zero-order valence-electron chi connectivity index (χ0n) is 9.89. The van der Waals surface area contributed by atoms with E-state index in [0.717, 1.165) is 17.9 Å². The number of likely N-dealkylation sites (N-methyl/N-ethyl adjacent to an activating group) is 1. The maximum absolute atomic E-state index is 6.33. The molecule has 2 atom stereocenters. The Hall–Kier alpha value is -0.580. The number of thioether (sulfide) groups is 1. The number of hydrogen-bond acceptors (Lipinski definition) is 4. The van der Waals surface area contributed by atoms with Crippen molar-refractivity contribution < 1.29 is 0 Å². The van der Waals surface area contributed by atoms with Crippen LogP contribution < -0.4 is 5.73 Å². The summed E-state index contributed by atoms with van der Waals surface area (Å²) in [7, 11) is 2.16. The molecule has 2 unspecified atom stereocenters. The quantitative estimate of drug-likeness (QED) is 0.845. The first kappa shape index (κ1) is 11.9. The molecule has 1 fully saturated rings. The maximum atomic E-state index is 6.33. The summed E-state index contributed by atoms with van der Waals surface area (Å²) in [6.45, 7) is 3.19. The number of aromatic nitrogens is 1. The predicted octanol–water partition coefficient (Wildman–Crippen LogP) is 1.44. The molecular weight excluding hydrogens is 218 g/mol. The second-order valence-corrected chi connectivity index (χ2v) is 5.59. The van der Waals surface area contributed by atoms with Gasteiger partial charge >= 0.3 is 0 Å². The van der Waals surface area contributed by atoms with Crippen LogP contribution in [0, 0.1) is 6.92 Å². The average molecular weight is 237 g/mol. The van der Waals surface area contributed by atoms with Gasteiger partial charge in [0.1, 0.15) is 0 Å². The van der Waals surface area contributed by atoms with Crippen LogP contribution in [-0.2, 0) is 0 Å². The lowest BCUT2D eigenvalue weighted by Gasteiger charge is -2.36. The number of nitrogens with two attached hydrogens (primary N) is 1. The molecule has 0 bridgehead atoms. The van der Waals surface area contributed by atoms with Crippen molar-refractivity contribution in [1.82, 2.24) is 9.88 Å². The summed E-state index contributed by atoms with van der Waals surface area (Å²) in [5.41, 5.74) is 8.67. The van der Waals surface area contributed by atoms with Crippen LogP contribution in [0.25, 0.3) is 0 Å². The smallest absolute Gasteiger partial charge is 0.0476 e. The van der Waals surface area contributed by atoms with E-state index in [9.17, 15) is 0 Å². The van der Waals surface area contributed by atoms with E-state index in [-0.39, 0.29) is 6.04 Å². The molecular formula is C12H19N3S. The Morgan fingerprint density at radius 2 is 2.38 bits per heavy atom. The molecule has 1 aromatic rings. The van der Waals surface area contributed by atoms with E-state index in [1.807, 2.05) is 24.2 Å². The lowest BCUT2D eigenvalue weighted by molar-refractivity contribution is 0.237. The maximum Gasteiger partial charge on any atom is 0.0476 e. The molecule has 2 rings (SSSR count). The summed E-state index contributed by atoms with van der Waals surface area (Å²) in [5.74, 6) is 2.33. The lowest BCUT2D eigenvalue weighted by atomic mass is 10.0. The summed E-state index contributed by atoms with van der Waals surface area (Å²) < 4.78 is 0. The summed E-state index contributed by atoms with van der Waals surface area (Å²) in [6.07, 6.45) is 3.76. The van der Waals surface area contributed by atoms with Gasteiger partial charge in [0.2, 0.25) is 0 Å². The summed E-state index contributed by atoms with van der Waals surface area (Å²) in [5, 5.41) is 0. The zero-order valence-corrected chi connectivity index (χ0v) is 10.7. The van der Waals surface area contributed by atoms with Crippen molar-refractivity contribution in [1.29, 1.82) is 0 Å². The second-order valence-electron chi connectivity index (χ2n) is 4.44. The van der Waals surface area contributed by atoms with Crippen LogP contribution >= 0.6 is 11.8 Å². The first-order valence-corrected chi connectivity index (χ1v) is 6.79. The molecule has 0 radical (unpaired) electrons. The van der Waals surface area contributed by atoms with Crippen LogP contribution in [0.15, 0.2) is 18.5 Å². The Balaban J connectivity index is 2.14. The van der Waals surface area contributed by atoms with Gasteiger partial charge in [-0.3, -0.25) is 9.88 Å². The zero-order chi connectivity index (χ0) is 11.5. The molecule has 1 aromatic heterocycles. The molecule has 4 heteroatoms. The molecule has 1 aliphatic rings. The molecule has 16 heavy (non-hydrogen) atoms. The number of aryl methyl sites for hydroxylation is 1. The van der Waals surface area contributed by atoms with Crippen molar-refractivity contribution in [3.05, 3.63) is 29.6 Å². The Bertz CT molecular complexity index is 356. The van der Waals surface area contributed by atoms with Gasteiger partial charge in [0.15, 0.2) is 0 Å². The van der Waals surface area contributed by atoms with E-state index >= 15 is 0 Å². The molecule has 1 saturated heterocycles. The van der Waals surface area contributed by atoms with Gasteiger partial charge in [-0.05, 0) is 25.1 Å². The summed E-state index contributed by atoms with van der Waals surface area (Å²) >= 11 is 1.99. The summed E-state index contributed by atoms with van der Waals surface area (Å²) in [4.78, 5) is 6.58. The third-order valence-electron chi connectivity index (χ3n) is 3.14. The van der Waals surface area contributed by atoms with Crippen LogP contribution in [0.2, 0.25) is 0 Å². The van der Waals surface area contributed by atoms with E-state index in [2.05, 4.69) is 29.9 Å². The van der Waals surface area contributed by atoms with Gasteiger partial charge in [-0.2, -0.15) is 11.8 Å². The molecule has 0 amide bonds. The van der Waals surface area contributed by atoms with E-state index < -0.39 is 0 Å². The van der Waals surface area contributed by atoms with Crippen molar-refractivity contribution in [2.45, 2.75) is 19.0 Å². The van der Waals surface area contributed by atoms with Gasteiger partial charge in [-0.15, -0.1) is 0 Å². The highest BCUT2D eigenvalue weighted by atomic mass is 32.2. The molecule has 2 heterocycles. The van der Waals surface area contributed by atoms with Gasteiger partial charge in [0, 0.05) is 42.5 Å². The number of rotatable bonds is 2. The van der Waals surface area contributed by atoms with Crippen molar-refractivity contribution in [2.75, 3.05) is 25.1 Å². The SMILES string of the molecule is Cc1cncc(C(N)C2CSCCN2C)c1. The number of pyridine rings is 1. The molecule has 3 nitrogen and oxygen atoms in total. The highest BCUT2D eigenvalue weighted by Gasteiger charge is 2.26. The fraction of sp³-hybridized carbons (Fsp3) is 0.583. The van der Waals surface area contributed by atoms with Crippen molar-refractivity contribution in [3.63, 3.8) is 0 Å². The first-order valence-electron chi connectivity index (χ1n) is 5.63. The van der Waals surface area contributed by atoms with Crippen molar-refractivity contribution in [3.8, 4) is 0 Å². The monoisotopic (exact) mass is 237 g/mol. The van der Waals surface area contributed by atoms with Crippen molar-refractivity contribution in [2.24, 2.45) is 5.73 Å². The molecule has 0 spiro atoms. The molecule has 0 aromatic carbocycles. The van der Waals surface area contributed by atoms with Crippen LogP contribution in [0.1, 0.15) is 17.2 Å². The highest BCUT2D eigenvalue weighted by Crippen LogP contribution is 2.24. The largest absolute Gasteiger partial charge is 0.323 e. The number of hydrogen-bond donors (Lipinski definition) is 1. The van der Waals surface area contributed by atoms with E-state index in [1.54, 1.807) is 0 Å². The fourth-order valence-corrected chi connectivity index (χ4v) is 3.35. The van der Waals surface area contributed by atoms with Gasteiger partial charge in [0.25, 0.3) is 0 Å². The van der Waals surface area contributed by atoms with E-state index in [0.29, 0.717) is 6.04 Å². The molecule has 2 N–H and O–H groups in total. The van der Waals surface area contributed by atoms with Crippen LogP contribution in [-0.4, -0.2) is 41.0 Å². The Morgan fingerprint density at radius 3 is 3.06 bits per heavy atom. The van der Waals surface area contributed by atoms with Gasteiger partial charge in [0.05, 0.1) is 0 Å². The molecule has 0 saturated carbocycles. The van der Waals surface area contributed by atoms with Gasteiger partial charge < -0.3 is 5.73 Å². The topological polar surface area (TPSA) is 42.1 Å². The molecule has 88 valence electrons. The summed E-state index contributed by atoms with van der Waals surface area (Å²) in [6, 6.07) is 2.65. The van der Waals surface area contributed by atoms with E-state index in [1.165, 1.54) is 11.3 Å². The fourth-order valence-electron chi connectivity index (χ4n) is 2.07. The lowest BCUT2D eigenvalue weighted by Crippen LogP contribution is -2.46. The Kier molecular flexibility index (Phi) is 3.84. The van der Waals surface area contributed by atoms with Crippen LogP contribution in [0.4, 0.5) is 0 Å². The minimum atomic E-state index is 0.0743. The third-order valence-corrected chi connectivity index (χ3v) is 4.19. The standard InChI is InChI=1S/C12H19N3S/c1-9-5-10(7-14-6-9)12(13)11-8-16-4-3-15(11)2/h5-7,11-12H,3-4,8,13H2,1-2H3. The van der Waals surface area contributed by atoms with Gasteiger partial charge in [-0.1, -0.05) is 6.07 Å². The Morgan fingerprint density at radius 1 is 1.56 bits per heavy atom. The average Bonchev–Trinajstić information content (AvgIpc) is 2.29. The normalized spacial score (nSPS) is 24.3. The minimum Gasteiger partial charge on any atom is -0.323 e. The van der Waals surface area contributed by atoms with Crippen molar-refractivity contribution >= 4 is 11.8 Å². The molecule has 0 aliphatic carbocycles. The molecule has 1 aliphatic heterocycles. The Labute approximate surface area is 101 Å². The highest BCUT2D eigenvalue weighted by molar-refractivity contribution is 7.99. The third kappa shape index (κ3) is 2.56. The minimum absolute atomic E-state index is 0.0743. The van der Waals surface area contributed by atoms with Gasteiger partial charge in [-0.25, -0.2) is 0 Å². The first-order chi connectivity index (χ1) is 7.68. The van der Waals surface area contributed by atoms with Crippen LogP contribution in [0.3, 0.4) is 0 Å². The second kappa shape index (κ2) is 5.17. The number of nitrogens with zero attached hydrogens (tertiary/aromatic N) is 2. The van der Waals surface area contributed by atoms with Crippen LogP contribution in [0.5, 0.6) is 0 Å². The van der Waals surface area contributed by atoms with E-state index in [4.69, 9.17) is 5.73 Å².